The van der Waals surface area contributed by atoms with Gasteiger partial charge in [0.15, 0.2) is 5.78 Å². The first-order valence-corrected chi connectivity index (χ1v) is 5.07. The molecule has 0 aromatic carbocycles. The maximum Gasteiger partial charge on any atom is 0.171 e. The number of ketones is 1. The van der Waals surface area contributed by atoms with Gasteiger partial charge in [0, 0.05) is 6.42 Å². The van der Waals surface area contributed by atoms with E-state index in [1.54, 1.807) is 6.08 Å². The quantitative estimate of drug-likeness (QED) is 0.632. The second kappa shape index (κ2) is 4.14. The van der Waals surface area contributed by atoms with Crippen LogP contribution >= 0.6 is 0 Å². The fourth-order valence-electron chi connectivity index (χ4n) is 1.65. The molecule has 0 aromatic heterocycles. The molecule has 0 spiro atoms. The third-order valence-electron chi connectivity index (χ3n) is 2.54. The minimum atomic E-state index is 0.155. The largest absolute Gasteiger partial charge is 0.293 e. The molecule has 0 amide bonds. The first-order valence-electron chi connectivity index (χ1n) is 5.07. The van der Waals surface area contributed by atoms with E-state index in [0.717, 1.165) is 5.57 Å². The van der Waals surface area contributed by atoms with E-state index < -0.39 is 0 Å². The van der Waals surface area contributed by atoms with Crippen molar-refractivity contribution in [2.45, 2.75) is 13.3 Å². The summed E-state index contributed by atoms with van der Waals surface area (Å²) in [6.07, 6.45) is 11.8. The summed E-state index contributed by atoms with van der Waals surface area (Å²) in [6, 6.07) is 0. The summed E-state index contributed by atoms with van der Waals surface area (Å²) < 4.78 is 0. The number of Topliss-reactive ketones (excluding diaryl/α,β-unsaturated/α-hetero) is 1. The highest BCUT2D eigenvalue weighted by atomic mass is 16.1. The Balaban J connectivity index is 2.01. The Labute approximate surface area is 89.5 Å². The van der Waals surface area contributed by atoms with E-state index in [9.17, 15) is 4.79 Å². The molecule has 2 aliphatic rings. The molecule has 1 heteroatoms. The number of allylic oxidation sites excluding steroid dienone is 6. The van der Waals surface area contributed by atoms with Crippen LogP contribution in [0.25, 0.3) is 0 Å². The van der Waals surface area contributed by atoms with Crippen molar-refractivity contribution in [2.75, 3.05) is 0 Å². The monoisotopic (exact) mass is 196 g/mol. The van der Waals surface area contributed by atoms with E-state index >= 15 is 0 Å². The van der Waals surface area contributed by atoms with Crippen molar-refractivity contribution in [3.8, 4) is 0 Å². The lowest BCUT2D eigenvalue weighted by Gasteiger charge is -2.08. The maximum absolute atomic E-state index is 11.8. The van der Waals surface area contributed by atoms with E-state index in [1.165, 1.54) is 0 Å². The van der Waals surface area contributed by atoms with E-state index in [1.807, 2.05) is 37.3 Å². The smallest absolute Gasteiger partial charge is 0.171 e. The molecule has 0 saturated carbocycles. The van der Waals surface area contributed by atoms with Crippen molar-refractivity contribution in [3.05, 3.63) is 59.1 Å². The molecule has 0 fully saturated rings. The van der Waals surface area contributed by atoms with Gasteiger partial charge in [-0.05, 0) is 29.7 Å². The van der Waals surface area contributed by atoms with Gasteiger partial charge in [-0.15, -0.1) is 11.5 Å². The standard InChI is InChI=1S/C14H12O/c1-11(12-6-2-3-7-12)10-14(15)13-8-4-5-9-13/h2-6,8,11H,10H2,1H3/t11-/m0/s1. The van der Waals surface area contributed by atoms with Gasteiger partial charge < -0.3 is 0 Å². The molecule has 1 nitrogen and oxygen atoms in total. The molecule has 0 unspecified atom stereocenters. The lowest BCUT2D eigenvalue weighted by atomic mass is 9.94. The average Bonchev–Trinajstić information content (AvgIpc) is 2.91. The molecule has 15 heavy (non-hydrogen) atoms. The van der Waals surface area contributed by atoms with Gasteiger partial charge in [-0.25, -0.2) is 0 Å². The molecular formula is C14H12O. The zero-order chi connectivity index (χ0) is 10.7. The van der Waals surface area contributed by atoms with Crippen molar-refractivity contribution in [2.24, 2.45) is 5.92 Å². The van der Waals surface area contributed by atoms with Crippen LogP contribution in [-0.2, 0) is 4.79 Å². The minimum absolute atomic E-state index is 0.155. The Bertz CT molecular complexity index is 473. The Kier molecular flexibility index (Phi) is 2.69. The van der Waals surface area contributed by atoms with Crippen LogP contribution in [0.5, 0.6) is 0 Å². The molecule has 0 heterocycles. The van der Waals surface area contributed by atoms with Gasteiger partial charge in [-0.1, -0.05) is 25.2 Å². The van der Waals surface area contributed by atoms with Gasteiger partial charge in [-0.3, -0.25) is 4.79 Å². The fourth-order valence-corrected chi connectivity index (χ4v) is 1.65. The van der Waals surface area contributed by atoms with Crippen LogP contribution in [0.15, 0.2) is 59.1 Å². The lowest BCUT2D eigenvalue weighted by Crippen LogP contribution is -2.07. The molecule has 0 bridgehead atoms. The molecular weight excluding hydrogens is 184 g/mol. The van der Waals surface area contributed by atoms with Gasteiger partial charge in [0.1, 0.15) is 0 Å². The highest BCUT2D eigenvalue weighted by molar-refractivity contribution is 5.98. The summed E-state index contributed by atoms with van der Waals surface area (Å²) in [5.41, 5.74) is 7.85. The average molecular weight is 196 g/mol. The van der Waals surface area contributed by atoms with Crippen LogP contribution in [0.3, 0.4) is 0 Å². The number of carbonyl (C=O) groups is 1. The van der Waals surface area contributed by atoms with Crippen molar-refractivity contribution in [1.82, 2.24) is 0 Å². The van der Waals surface area contributed by atoms with Gasteiger partial charge in [0.05, 0.1) is 5.57 Å². The number of hydrogen-bond donors (Lipinski definition) is 0. The van der Waals surface area contributed by atoms with Crippen molar-refractivity contribution in [1.29, 1.82) is 0 Å². The fraction of sp³-hybridized carbons (Fsp3) is 0.214. The Morgan fingerprint density at radius 3 is 2.60 bits per heavy atom. The summed E-state index contributed by atoms with van der Waals surface area (Å²) in [5, 5.41) is 0. The van der Waals surface area contributed by atoms with Crippen molar-refractivity contribution in [3.63, 3.8) is 0 Å². The first-order chi connectivity index (χ1) is 7.27. The van der Waals surface area contributed by atoms with Gasteiger partial charge in [0.25, 0.3) is 0 Å². The summed E-state index contributed by atoms with van der Waals surface area (Å²) in [6.45, 7) is 2.05. The molecule has 1 atom stereocenters. The van der Waals surface area contributed by atoms with E-state index in [-0.39, 0.29) is 11.7 Å². The van der Waals surface area contributed by atoms with E-state index in [4.69, 9.17) is 0 Å². The SMILES string of the molecule is C[C@@H](CC(=O)C1=C=CC=C1)C1=C=CC=C1. The Hall–Kier alpha value is -1.81. The van der Waals surface area contributed by atoms with Crippen LogP contribution in [0.1, 0.15) is 13.3 Å². The second-order valence-electron chi connectivity index (χ2n) is 3.74. The zero-order valence-electron chi connectivity index (χ0n) is 8.66. The van der Waals surface area contributed by atoms with Crippen LogP contribution in [0, 0.1) is 5.92 Å². The Morgan fingerprint density at radius 1 is 1.27 bits per heavy atom. The molecule has 0 aromatic rings. The third-order valence-corrected chi connectivity index (χ3v) is 2.54. The van der Waals surface area contributed by atoms with Gasteiger partial charge in [0.2, 0.25) is 0 Å². The predicted molar refractivity (Wildman–Crippen MR) is 60.3 cm³/mol. The van der Waals surface area contributed by atoms with Crippen molar-refractivity contribution < 1.29 is 4.79 Å². The van der Waals surface area contributed by atoms with Crippen LogP contribution in [0.2, 0.25) is 0 Å². The minimum Gasteiger partial charge on any atom is -0.293 e. The third kappa shape index (κ3) is 2.16. The molecule has 2 aliphatic carbocycles. The summed E-state index contributed by atoms with van der Waals surface area (Å²) >= 11 is 0. The molecule has 74 valence electrons. The Morgan fingerprint density at radius 2 is 2.00 bits per heavy atom. The molecule has 0 saturated heterocycles. The van der Waals surface area contributed by atoms with Gasteiger partial charge in [-0.2, -0.15) is 0 Å². The lowest BCUT2D eigenvalue weighted by molar-refractivity contribution is -0.115. The second-order valence-corrected chi connectivity index (χ2v) is 3.74. The summed E-state index contributed by atoms with van der Waals surface area (Å²) in [4.78, 5) is 11.8. The molecule has 0 aliphatic heterocycles. The topological polar surface area (TPSA) is 17.1 Å². The number of rotatable bonds is 4. The zero-order valence-corrected chi connectivity index (χ0v) is 8.66. The maximum atomic E-state index is 11.8. The molecule has 0 radical (unpaired) electrons. The van der Waals surface area contributed by atoms with E-state index in [2.05, 4.69) is 11.5 Å². The summed E-state index contributed by atoms with van der Waals surface area (Å²) in [5.74, 6) is 0.387. The van der Waals surface area contributed by atoms with Crippen LogP contribution < -0.4 is 0 Å². The van der Waals surface area contributed by atoms with Crippen LogP contribution in [0.4, 0.5) is 0 Å². The van der Waals surface area contributed by atoms with Crippen LogP contribution in [-0.4, -0.2) is 5.78 Å². The normalized spacial score (nSPS) is 18.2. The first kappa shape index (κ1) is 9.73. The van der Waals surface area contributed by atoms with Gasteiger partial charge >= 0.3 is 0 Å². The predicted octanol–water partition coefficient (Wildman–Crippen LogP) is 2.88. The number of carbonyl (C=O) groups excluding carboxylic acids is 1. The van der Waals surface area contributed by atoms with Crippen molar-refractivity contribution >= 4 is 5.78 Å². The highest BCUT2D eigenvalue weighted by Gasteiger charge is 2.15. The molecule has 2 rings (SSSR count). The number of hydrogen-bond acceptors (Lipinski definition) is 1. The molecule has 0 N–H and O–H groups in total. The highest BCUT2D eigenvalue weighted by Crippen LogP contribution is 2.20. The van der Waals surface area contributed by atoms with E-state index in [0.29, 0.717) is 12.0 Å². The summed E-state index contributed by atoms with van der Waals surface area (Å²) in [7, 11) is 0.